The fourth-order valence-corrected chi connectivity index (χ4v) is 3.34. The van der Waals surface area contributed by atoms with Gasteiger partial charge in [0.05, 0.1) is 0 Å². The van der Waals surface area contributed by atoms with Crippen molar-refractivity contribution in [3.8, 4) is 11.7 Å². The zero-order chi connectivity index (χ0) is 20.1. The molecule has 0 spiro atoms. The van der Waals surface area contributed by atoms with Gasteiger partial charge in [0.25, 0.3) is 6.71 Å². The van der Waals surface area contributed by atoms with Crippen LogP contribution >= 0.6 is 0 Å². The molecule has 2 heterocycles. The van der Waals surface area contributed by atoms with E-state index in [4.69, 9.17) is 5.26 Å². The number of rotatable bonds is 3. The monoisotopic (exact) mass is 372 g/mol. The van der Waals surface area contributed by atoms with Crippen LogP contribution in [0.2, 0.25) is 12.6 Å². The van der Waals surface area contributed by atoms with E-state index in [-0.39, 0.29) is 11.7 Å². The van der Waals surface area contributed by atoms with Crippen molar-refractivity contribution in [2.75, 3.05) is 27.3 Å². The van der Waals surface area contributed by atoms with Gasteiger partial charge in [-0.25, -0.2) is 5.26 Å². The number of piperidine rings is 1. The predicted molar refractivity (Wildman–Crippen MR) is 106 cm³/mol. The number of hydrogen-bond acceptors (Lipinski definition) is 5. The molecule has 146 valence electrons. The van der Waals surface area contributed by atoms with Crippen molar-refractivity contribution in [2.24, 2.45) is 0 Å². The Balaban J connectivity index is 0.000000301. The third kappa shape index (κ3) is 7.84. The molecule has 3 rings (SSSR count). The number of methoxy groups -OCH3 is 1. The Labute approximate surface area is 162 Å². The maximum atomic E-state index is 10.7. The van der Waals surface area contributed by atoms with Gasteiger partial charge < -0.3 is 14.7 Å². The van der Waals surface area contributed by atoms with Crippen LogP contribution in [0.4, 0.5) is 0 Å². The topological polar surface area (TPSA) is 90.6 Å². The number of carbonyl (C=O) groups excluding carboxylic acids is 2. The number of benzene rings is 1. The molecule has 0 saturated carbocycles. The molecule has 6 nitrogen and oxygen atoms in total. The molecule has 2 saturated heterocycles. The van der Waals surface area contributed by atoms with Crippen molar-refractivity contribution in [3.63, 3.8) is 0 Å². The second-order valence-corrected chi connectivity index (χ2v) is 6.87. The van der Waals surface area contributed by atoms with E-state index in [0.29, 0.717) is 25.4 Å². The van der Waals surface area contributed by atoms with Crippen LogP contribution in [0.5, 0.6) is 5.75 Å². The maximum Gasteiger partial charge on any atom is 0.267 e. The number of carbonyl (C=O) groups is 2. The van der Waals surface area contributed by atoms with Gasteiger partial charge in [0, 0.05) is 38.8 Å². The molecule has 1 amide bonds. The summed E-state index contributed by atoms with van der Waals surface area (Å²) < 4.78 is 4.25. The first-order chi connectivity index (χ1) is 13.1. The summed E-state index contributed by atoms with van der Waals surface area (Å²) >= 11 is 0. The molecule has 2 aliphatic heterocycles. The van der Waals surface area contributed by atoms with Gasteiger partial charge in [-0.3, -0.25) is 9.59 Å². The minimum atomic E-state index is 0.228. The highest BCUT2D eigenvalue weighted by atomic mass is 16.4. The number of aromatic hydroxyl groups is 1. The highest BCUT2D eigenvalue weighted by molar-refractivity contribution is 6.67. The number of likely N-dealkylation sites (tertiary alicyclic amines) is 1. The first-order valence-corrected chi connectivity index (χ1v) is 9.36. The van der Waals surface area contributed by atoms with E-state index in [1.165, 1.54) is 12.8 Å². The highest BCUT2D eigenvalue weighted by Crippen LogP contribution is 2.33. The van der Waals surface area contributed by atoms with Crippen LogP contribution in [0, 0.1) is 11.2 Å². The lowest BCUT2D eigenvalue weighted by Crippen LogP contribution is -2.31. The third-order valence-electron chi connectivity index (χ3n) is 4.84. The molecular formula is C20H29BN2O4. The van der Waals surface area contributed by atoms with E-state index in [2.05, 4.69) is 10.7 Å². The van der Waals surface area contributed by atoms with E-state index >= 15 is 0 Å². The maximum absolute atomic E-state index is 10.7. The molecule has 1 aromatic rings. The zero-order valence-corrected chi connectivity index (χ0v) is 16.3. The number of amides is 1. The van der Waals surface area contributed by atoms with Gasteiger partial charge in [0.1, 0.15) is 12.0 Å². The van der Waals surface area contributed by atoms with Gasteiger partial charge >= 0.3 is 0 Å². The van der Waals surface area contributed by atoms with Gasteiger partial charge in [-0.15, -0.1) is 0 Å². The Morgan fingerprint density at radius 1 is 1.22 bits per heavy atom. The molecule has 1 N–H and O–H groups in total. The summed E-state index contributed by atoms with van der Waals surface area (Å²) in [7, 11) is 3.25. The summed E-state index contributed by atoms with van der Waals surface area (Å²) in [5, 5.41) is 18.1. The molecule has 0 unspecified atom stereocenters. The third-order valence-corrected chi connectivity index (χ3v) is 4.84. The largest absolute Gasteiger partial charge is 0.508 e. The smallest absolute Gasteiger partial charge is 0.267 e. The minimum absolute atomic E-state index is 0.228. The number of nitriles is 1. The summed E-state index contributed by atoms with van der Waals surface area (Å²) in [6.07, 6.45) is 8.15. The summed E-state index contributed by atoms with van der Waals surface area (Å²) in [5.74, 6) is 2.73. The second-order valence-electron chi connectivity index (χ2n) is 6.87. The van der Waals surface area contributed by atoms with Gasteiger partial charge in [-0.05, 0) is 42.5 Å². The van der Waals surface area contributed by atoms with Crippen molar-refractivity contribution >= 4 is 19.4 Å². The van der Waals surface area contributed by atoms with E-state index < -0.39 is 0 Å². The first-order valence-electron chi connectivity index (χ1n) is 9.36. The predicted octanol–water partition coefficient (Wildman–Crippen LogP) is 3.14. The molecule has 0 atom stereocenters. The molecule has 0 bridgehead atoms. The second kappa shape index (κ2) is 12.9. The standard InChI is InChI=1S/C13H15NO3.C5H8BN.C2H6O/c15-8-10-1-2-13(17)12(7-10)11-3-5-14(9-16)6-4-11;7-5-6-3-1-2-4-6;1-3-2/h1-2,7-9,11,17H,3-6H2;1-4H2;1-2H3. The van der Waals surface area contributed by atoms with Gasteiger partial charge in [0.15, 0.2) is 0 Å². The molecule has 1 aromatic carbocycles. The summed E-state index contributed by atoms with van der Waals surface area (Å²) in [5.41, 5.74) is 1.40. The molecule has 7 heteroatoms. The molecule has 0 aromatic heterocycles. The Morgan fingerprint density at radius 3 is 2.26 bits per heavy atom. The number of phenolic OH excluding ortho intramolecular Hbond substituents is 1. The van der Waals surface area contributed by atoms with Gasteiger partial charge in [-0.1, -0.05) is 25.5 Å². The number of aldehydes is 1. The summed E-state index contributed by atoms with van der Waals surface area (Å²) in [6, 6.07) is 4.90. The van der Waals surface area contributed by atoms with E-state index in [1.807, 2.05) is 0 Å². The van der Waals surface area contributed by atoms with Gasteiger partial charge in [0.2, 0.25) is 6.41 Å². The zero-order valence-electron chi connectivity index (χ0n) is 16.3. The fourth-order valence-electron chi connectivity index (χ4n) is 3.34. The Morgan fingerprint density at radius 2 is 1.81 bits per heavy atom. The molecule has 0 aliphatic carbocycles. The Bertz CT molecular complexity index is 619. The van der Waals surface area contributed by atoms with Crippen LogP contribution in [0.25, 0.3) is 0 Å². The van der Waals surface area contributed by atoms with Crippen LogP contribution in [0.1, 0.15) is 47.5 Å². The molecule has 0 radical (unpaired) electrons. The molecular weight excluding hydrogens is 343 g/mol. The first kappa shape index (κ1) is 22.7. The lowest BCUT2D eigenvalue weighted by Gasteiger charge is -2.29. The number of phenols is 1. The number of nitrogens with zero attached hydrogens (tertiary/aromatic N) is 2. The van der Waals surface area contributed by atoms with Crippen molar-refractivity contribution in [1.29, 1.82) is 5.26 Å². The summed E-state index contributed by atoms with van der Waals surface area (Å²) in [6.45, 7) is 1.82. The quantitative estimate of drug-likeness (QED) is 0.650. The highest BCUT2D eigenvalue weighted by Gasteiger charge is 2.22. The van der Waals surface area contributed by atoms with Gasteiger partial charge in [-0.2, -0.15) is 0 Å². The lowest BCUT2D eigenvalue weighted by molar-refractivity contribution is -0.119. The minimum Gasteiger partial charge on any atom is -0.508 e. The Hall–Kier alpha value is -2.33. The molecule has 2 aliphatic rings. The van der Waals surface area contributed by atoms with Crippen molar-refractivity contribution < 1.29 is 19.4 Å². The molecule has 2 fully saturated rings. The SMILES string of the molecule is COC.N#CB1CCCC1.O=Cc1ccc(O)c(C2CCN(C=O)CC2)c1. The number of hydrogen-bond donors (Lipinski definition) is 1. The average molecular weight is 372 g/mol. The van der Waals surface area contributed by atoms with Crippen molar-refractivity contribution in [1.82, 2.24) is 4.90 Å². The average Bonchev–Trinajstić information content (AvgIpc) is 3.24. The van der Waals surface area contributed by atoms with Crippen LogP contribution in [0.3, 0.4) is 0 Å². The van der Waals surface area contributed by atoms with E-state index in [0.717, 1.165) is 43.7 Å². The fraction of sp³-hybridized carbons (Fsp3) is 0.550. The van der Waals surface area contributed by atoms with Crippen molar-refractivity contribution in [3.05, 3.63) is 29.3 Å². The number of ether oxygens (including phenoxy) is 1. The Kier molecular flexibility index (Phi) is 10.9. The van der Waals surface area contributed by atoms with Crippen LogP contribution in [-0.2, 0) is 9.53 Å². The van der Waals surface area contributed by atoms with Crippen LogP contribution < -0.4 is 0 Å². The normalized spacial score (nSPS) is 16.3. The summed E-state index contributed by atoms with van der Waals surface area (Å²) in [4.78, 5) is 23.0. The van der Waals surface area contributed by atoms with E-state index in [9.17, 15) is 14.7 Å². The lowest BCUT2D eigenvalue weighted by atomic mass is 9.50. The van der Waals surface area contributed by atoms with E-state index in [1.54, 1.807) is 37.3 Å². The van der Waals surface area contributed by atoms with Crippen LogP contribution in [0.15, 0.2) is 18.2 Å². The molecule has 27 heavy (non-hydrogen) atoms. The van der Waals surface area contributed by atoms with Crippen LogP contribution in [-0.4, -0.2) is 56.7 Å². The van der Waals surface area contributed by atoms with Crippen molar-refractivity contribution in [2.45, 2.75) is 44.2 Å².